The molecule has 2 saturated carbocycles. The molecule has 0 amide bonds. The highest BCUT2D eigenvalue weighted by Gasteiger charge is 2.45. The molecule has 2 unspecified atom stereocenters. The molecule has 2 atom stereocenters. The largest absolute Gasteiger partial charge is 0.462 e. The first-order chi connectivity index (χ1) is 8.33. The highest BCUT2D eigenvalue weighted by Crippen LogP contribution is 2.40. The van der Waals surface area contributed by atoms with Crippen molar-refractivity contribution in [2.24, 2.45) is 16.6 Å². The molecule has 2 rings (SSSR count). The Hall–Kier alpha value is -0.570. The molecule has 0 aromatic carbocycles. The van der Waals surface area contributed by atoms with Gasteiger partial charge in [0, 0.05) is 6.04 Å². The fourth-order valence-corrected chi connectivity index (χ4v) is 3.22. The molecule has 2 aliphatic carbocycles. The van der Waals surface area contributed by atoms with Crippen LogP contribution in [0.2, 0.25) is 0 Å². The van der Waals surface area contributed by atoms with E-state index in [4.69, 9.17) is 10.5 Å². The van der Waals surface area contributed by atoms with E-state index in [1.807, 2.05) is 6.92 Å². The predicted octanol–water partition coefficient (Wildman–Crippen LogP) is 3.02. The number of carbonyl (C=O) groups is 1. The van der Waals surface area contributed by atoms with Crippen LogP contribution in [0.1, 0.15) is 65.7 Å². The normalized spacial score (nSPS) is 36.6. The third-order valence-corrected chi connectivity index (χ3v) is 5.06. The van der Waals surface area contributed by atoms with Crippen LogP contribution in [0.3, 0.4) is 0 Å². The summed E-state index contributed by atoms with van der Waals surface area (Å²) in [5, 5.41) is 0. The molecular formula is C15H27NO2. The van der Waals surface area contributed by atoms with Crippen LogP contribution in [0.15, 0.2) is 0 Å². The lowest BCUT2D eigenvalue weighted by Gasteiger charge is -2.36. The van der Waals surface area contributed by atoms with E-state index in [0.717, 1.165) is 44.9 Å². The van der Waals surface area contributed by atoms with Gasteiger partial charge in [-0.05, 0) is 50.9 Å². The lowest BCUT2D eigenvalue weighted by atomic mass is 9.76. The van der Waals surface area contributed by atoms with Crippen molar-refractivity contribution in [3.8, 4) is 0 Å². The summed E-state index contributed by atoms with van der Waals surface area (Å²) < 4.78 is 5.72. The van der Waals surface area contributed by atoms with Gasteiger partial charge in [0.05, 0.1) is 5.41 Å². The summed E-state index contributed by atoms with van der Waals surface area (Å²) in [5.41, 5.74) is 6.04. The molecule has 0 aromatic rings. The third-order valence-electron chi connectivity index (χ3n) is 5.06. The summed E-state index contributed by atoms with van der Waals surface area (Å²) >= 11 is 0. The van der Waals surface area contributed by atoms with Gasteiger partial charge in [-0.15, -0.1) is 0 Å². The molecule has 0 heterocycles. The second-order valence-corrected chi connectivity index (χ2v) is 7.19. The zero-order chi connectivity index (χ0) is 13.4. The highest BCUT2D eigenvalue weighted by molar-refractivity contribution is 5.78. The minimum atomic E-state index is -0.438. The van der Waals surface area contributed by atoms with E-state index in [9.17, 15) is 4.79 Å². The number of esters is 1. The van der Waals surface area contributed by atoms with E-state index < -0.39 is 5.41 Å². The van der Waals surface area contributed by atoms with Crippen LogP contribution in [-0.4, -0.2) is 18.1 Å². The van der Waals surface area contributed by atoms with Gasteiger partial charge in [-0.1, -0.05) is 20.3 Å². The van der Waals surface area contributed by atoms with Crippen molar-refractivity contribution in [3.05, 3.63) is 0 Å². The van der Waals surface area contributed by atoms with E-state index in [2.05, 4.69) is 13.8 Å². The van der Waals surface area contributed by atoms with Crippen LogP contribution in [0.4, 0.5) is 0 Å². The molecule has 2 fully saturated rings. The molecule has 2 aliphatic rings. The molecule has 0 radical (unpaired) electrons. The maximum atomic E-state index is 12.3. The van der Waals surface area contributed by atoms with E-state index in [-0.39, 0.29) is 18.1 Å². The Labute approximate surface area is 110 Å². The van der Waals surface area contributed by atoms with E-state index in [1.54, 1.807) is 0 Å². The lowest BCUT2D eigenvalue weighted by molar-refractivity contribution is -0.163. The van der Waals surface area contributed by atoms with Gasteiger partial charge in [0.2, 0.25) is 0 Å². The SMILES string of the molecule is CC1(C)CCC(OC(=O)C2(C)CCCC2N)CC1. The monoisotopic (exact) mass is 253 g/mol. The average molecular weight is 253 g/mol. The fraction of sp³-hybridized carbons (Fsp3) is 0.933. The Morgan fingerprint density at radius 3 is 2.22 bits per heavy atom. The van der Waals surface area contributed by atoms with E-state index in [0.29, 0.717) is 5.41 Å². The summed E-state index contributed by atoms with van der Waals surface area (Å²) in [6, 6.07) is -0.0231. The topological polar surface area (TPSA) is 52.3 Å². The van der Waals surface area contributed by atoms with Crippen LogP contribution in [0.25, 0.3) is 0 Å². The first-order valence-corrected chi connectivity index (χ1v) is 7.30. The summed E-state index contributed by atoms with van der Waals surface area (Å²) in [5.74, 6) is -0.0581. The standard InChI is InChI=1S/C15H27NO2/c1-14(2)9-6-11(7-10-14)18-13(17)15(3)8-4-5-12(15)16/h11-12H,4-10,16H2,1-3H3. The minimum absolute atomic E-state index is 0.0231. The number of rotatable bonds is 2. The molecule has 3 nitrogen and oxygen atoms in total. The molecule has 0 saturated heterocycles. The molecule has 0 aliphatic heterocycles. The van der Waals surface area contributed by atoms with Crippen molar-refractivity contribution in [2.75, 3.05) is 0 Å². The van der Waals surface area contributed by atoms with Crippen molar-refractivity contribution >= 4 is 5.97 Å². The van der Waals surface area contributed by atoms with E-state index in [1.165, 1.54) is 0 Å². The summed E-state index contributed by atoms with van der Waals surface area (Å²) in [4.78, 5) is 12.3. The van der Waals surface area contributed by atoms with Crippen molar-refractivity contribution in [3.63, 3.8) is 0 Å². The van der Waals surface area contributed by atoms with Gasteiger partial charge in [-0.3, -0.25) is 4.79 Å². The molecular weight excluding hydrogens is 226 g/mol. The minimum Gasteiger partial charge on any atom is -0.462 e. The Bertz CT molecular complexity index is 316. The number of hydrogen-bond acceptors (Lipinski definition) is 3. The van der Waals surface area contributed by atoms with Crippen molar-refractivity contribution in [1.82, 2.24) is 0 Å². The van der Waals surface area contributed by atoms with Gasteiger partial charge in [0.1, 0.15) is 6.10 Å². The van der Waals surface area contributed by atoms with Crippen LogP contribution >= 0.6 is 0 Å². The van der Waals surface area contributed by atoms with Crippen LogP contribution in [-0.2, 0) is 9.53 Å². The van der Waals surface area contributed by atoms with Crippen LogP contribution in [0.5, 0.6) is 0 Å². The fourth-order valence-electron chi connectivity index (χ4n) is 3.22. The van der Waals surface area contributed by atoms with Crippen molar-refractivity contribution < 1.29 is 9.53 Å². The maximum absolute atomic E-state index is 12.3. The van der Waals surface area contributed by atoms with Crippen molar-refractivity contribution in [1.29, 1.82) is 0 Å². The molecule has 104 valence electrons. The number of ether oxygens (including phenoxy) is 1. The van der Waals surface area contributed by atoms with Crippen molar-refractivity contribution in [2.45, 2.75) is 77.9 Å². The maximum Gasteiger partial charge on any atom is 0.313 e. The van der Waals surface area contributed by atoms with Gasteiger partial charge in [0.25, 0.3) is 0 Å². The Morgan fingerprint density at radius 2 is 1.72 bits per heavy atom. The second kappa shape index (κ2) is 4.84. The second-order valence-electron chi connectivity index (χ2n) is 7.19. The summed E-state index contributed by atoms with van der Waals surface area (Å²) in [6.45, 7) is 6.55. The number of hydrogen-bond donors (Lipinski definition) is 1. The van der Waals surface area contributed by atoms with Crippen LogP contribution in [0, 0.1) is 10.8 Å². The van der Waals surface area contributed by atoms with Gasteiger partial charge in [-0.25, -0.2) is 0 Å². The Balaban J connectivity index is 1.89. The Kier molecular flexibility index (Phi) is 3.72. The molecule has 3 heteroatoms. The lowest BCUT2D eigenvalue weighted by Crippen LogP contribution is -2.44. The zero-order valence-corrected chi connectivity index (χ0v) is 12.0. The zero-order valence-electron chi connectivity index (χ0n) is 12.0. The van der Waals surface area contributed by atoms with E-state index >= 15 is 0 Å². The van der Waals surface area contributed by atoms with Gasteiger partial charge in [-0.2, -0.15) is 0 Å². The highest BCUT2D eigenvalue weighted by atomic mass is 16.5. The molecule has 0 spiro atoms. The first kappa shape index (κ1) is 13.9. The predicted molar refractivity (Wildman–Crippen MR) is 72.1 cm³/mol. The number of nitrogens with two attached hydrogens (primary N) is 1. The summed E-state index contributed by atoms with van der Waals surface area (Å²) in [6.07, 6.45) is 7.30. The van der Waals surface area contributed by atoms with Gasteiger partial charge in [0.15, 0.2) is 0 Å². The smallest absolute Gasteiger partial charge is 0.313 e. The van der Waals surface area contributed by atoms with Crippen LogP contribution < -0.4 is 5.73 Å². The molecule has 2 N–H and O–H groups in total. The van der Waals surface area contributed by atoms with Gasteiger partial charge >= 0.3 is 5.97 Å². The van der Waals surface area contributed by atoms with Gasteiger partial charge < -0.3 is 10.5 Å². The molecule has 0 aromatic heterocycles. The average Bonchev–Trinajstić information content (AvgIpc) is 2.64. The first-order valence-electron chi connectivity index (χ1n) is 7.30. The molecule has 0 bridgehead atoms. The molecule has 18 heavy (non-hydrogen) atoms. The quantitative estimate of drug-likeness (QED) is 0.770. The Morgan fingerprint density at radius 1 is 1.11 bits per heavy atom. The third kappa shape index (κ3) is 2.71. The number of carbonyl (C=O) groups excluding carboxylic acids is 1. The summed E-state index contributed by atoms with van der Waals surface area (Å²) in [7, 11) is 0.